The Morgan fingerprint density at radius 2 is 1.92 bits per heavy atom. The predicted molar refractivity (Wildman–Crippen MR) is 98.2 cm³/mol. The van der Waals surface area contributed by atoms with Gasteiger partial charge in [-0.05, 0) is 18.9 Å². The van der Waals surface area contributed by atoms with Gasteiger partial charge in [-0.2, -0.15) is 4.52 Å². The monoisotopic (exact) mass is 340 g/mol. The van der Waals surface area contributed by atoms with E-state index >= 15 is 0 Å². The second kappa shape index (κ2) is 7.42. The molecule has 25 heavy (non-hydrogen) atoms. The van der Waals surface area contributed by atoms with Gasteiger partial charge in [-0.1, -0.05) is 27.7 Å². The van der Waals surface area contributed by atoms with Crippen LogP contribution in [0.1, 0.15) is 52.3 Å². The van der Waals surface area contributed by atoms with Crippen molar-refractivity contribution in [2.75, 3.05) is 10.6 Å². The van der Waals surface area contributed by atoms with Crippen molar-refractivity contribution < 1.29 is 0 Å². The molecule has 3 aromatic heterocycles. The van der Waals surface area contributed by atoms with E-state index in [1.54, 1.807) is 10.7 Å². The predicted octanol–water partition coefficient (Wildman–Crippen LogP) is 3.38. The van der Waals surface area contributed by atoms with Crippen LogP contribution in [0, 0.1) is 0 Å². The number of rotatable bonds is 7. The van der Waals surface area contributed by atoms with Gasteiger partial charge in [-0.15, -0.1) is 15.3 Å². The molecule has 132 valence electrons. The summed E-state index contributed by atoms with van der Waals surface area (Å²) in [6.45, 7) is 8.49. The molecule has 0 bridgehead atoms. The summed E-state index contributed by atoms with van der Waals surface area (Å²) in [5.41, 5.74) is 1.49. The molecule has 8 nitrogen and oxygen atoms in total. The van der Waals surface area contributed by atoms with Gasteiger partial charge in [-0.25, -0.2) is 9.97 Å². The van der Waals surface area contributed by atoms with Gasteiger partial charge in [0.05, 0.1) is 5.69 Å². The SMILES string of the molecule is CCC(CC)Nc1cc(Nc2ccncn2)c2nnc(C(C)C)n2n1. The van der Waals surface area contributed by atoms with Gasteiger partial charge in [0.25, 0.3) is 0 Å². The molecule has 0 fully saturated rings. The van der Waals surface area contributed by atoms with Crippen molar-refractivity contribution in [3.63, 3.8) is 0 Å². The average Bonchev–Trinajstić information content (AvgIpc) is 3.05. The molecule has 2 N–H and O–H groups in total. The van der Waals surface area contributed by atoms with Crippen LogP contribution in [0.15, 0.2) is 24.7 Å². The van der Waals surface area contributed by atoms with E-state index in [4.69, 9.17) is 5.10 Å². The zero-order valence-corrected chi connectivity index (χ0v) is 15.1. The third kappa shape index (κ3) is 3.67. The minimum atomic E-state index is 0.220. The van der Waals surface area contributed by atoms with Crippen molar-refractivity contribution in [1.82, 2.24) is 29.8 Å². The van der Waals surface area contributed by atoms with Crippen LogP contribution in [-0.4, -0.2) is 35.8 Å². The summed E-state index contributed by atoms with van der Waals surface area (Å²) in [5, 5.41) is 20.1. The molecular weight excluding hydrogens is 316 g/mol. The van der Waals surface area contributed by atoms with E-state index in [-0.39, 0.29) is 5.92 Å². The number of aromatic nitrogens is 6. The maximum atomic E-state index is 4.70. The molecule has 0 unspecified atom stereocenters. The fourth-order valence-corrected chi connectivity index (χ4v) is 2.62. The highest BCUT2D eigenvalue weighted by Crippen LogP contribution is 2.25. The largest absolute Gasteiger partial charge is 0.366 e. The van der Waals surface area contributed by atoms with Crippen molar-refractivity contribution in [3.8, 4) is 0 Å². The highest BCUT2D eigenvalue weighted by molar-refractivity contribution is 5.74. The number of hydrogen-bond donors (Lipinski definition) is 2. The molecule has 0 aromatic carbocycles. The molecule has 0 aliphatic heterocycles. The molecule has 3 aromatic rings. The standard InChI is InChI=1S/C17H24N8/c1-5-12(6-2)20-15-9-13(21-14-7-8-18-10-19-14)17-23-22-16(11(3)4)25(17)24-15/h7-12H,5-6H2,1-4H3,(H,20,24)(H,18,19,21). The average molecular weight is 340 g/mol. The highest BCUT2D eigenvalue weighted by atomic mass is 15.4. The first-order chi connectivity index (χ1) is 12.1. The molecular formula is C17H24N8. The van der Waals surface area contributed by atoms with Crippen molar-refractivity contribution in [1.29, 1.82) is 0 Å². The molecule has 3 heterocycles. The Balaban J connectivity index is 2.06. The van der Waals surface area contributed by atoms with Crippen LogP contribution in [0.2, 0.25) is 0 Å². The van der Waals surface area contributed by atoms with E-state index in [9.17, 15) is 0 Å². The Hall–Kier alpha value is -2.77. The maximum absolute atomic E-state index is 4.70. The fraction of sp³-hybridized carbons (Fsp3) is 0.471. The van der Waals surface area contributed by atoms with E-state index in [0.717, 1.165) is 30.2 Å². The summed E-state index contributed by atoms with van der Waals surface area (Å²) in [4.78, 5) is 8.17. The smallest absolute Gasteiger partial charge is 0.201 e. The first-order valence-electron chi connectivity index (χ1n) is 8.68. The van der Waals surface area contributed by atoms with Crippen LogP contribution >= 0.6 is 0 Å². The minimum absolute atomic E-state index is 0.220. The van der Waals surface area contributed by atoms with Crippen molar-refractivity contribution in [2.24, 2.45) is 0 Å². The van der Waals surface area contributed by atoms with E-state index in [0.29, 0.717) is 17.5 Å². The molecule has 0 radical (unpaired) electrons. The van der Waals surface area contributed by atoms with Gasteiger partial charge in [0.1, 0.15) is 18.0 Å². The molecule has 0 saturated carbocycles. The highest BCUT2D eigenvalue weighted by Gasteiger charge is 2.16. The zero-order valence-electron chi connectivity index (χ0n) is 15.1. The van der Waals surface area contributed by atoms with Gasteiger partial charge in [0.15, 0.2) is 5.82 Å². The topological polar surface area (TPSA) is 92.9 Å². The van der Waals surface area contributed by atoms with E-state index in [1.165, 1.54) is 6.33 Å². The lowest BCUT2D eigenvalue weighted by molar-refractivity contribution is 0.661. The van der Waals surface area contributed by atoms with E-state index < -0.39 is 0 Å². The third-order valence-corrected chi connectivity index (χ3v) is 4.09. The van der Waals surface area contributed by atoms with Gasteiger partial charge in [0, 0.05) is 24.2 Å². The number of hydrogen-bond acceptors (Lipinski definition) is 7. The second-order valence-corrected chi connectivity index (χ2v) is 6.27. The molecule has 0 atom stereocenters. The van der Waals surface area contributed by atoms with Crippen LogP contribution in [0.5, 0.6) is 0 Å². The Morgan fingerprint density at radius 1 is 1.12 bits per heavy atom. The van der Waals surface area contributed by atoms with Gasteiger partial charge >= 0.3 is 0 Å². The molecule has 0 aliphatic carbocycles. The number of nitrogens with one attached hydrogen (secondary N) is 2. The van der Waals surface area contributed by atoms with Gasteiger partial charge in [0.2, 0.25) is 5.65 Å². The quantitative estimate of drug-likeness (QED) is 0.681. The summed E-state index contributed by atoms with van der Waals surface area (Å²) in [5.74, 6) is 2.54. The van der Waals surface area contributed by atoms with Crippen LogP contribution in [-0.2, 0) is 0 Å². The Morgan fingerprint density at radius 3 is 2.56 bits per heavy atom. The lowest BCUT2D eigenvalue weighted by Crippen LogP contribution is -2.19. The van der Waals surface area contributed by atoms with Gasteiger partial charge in [-0.3, -0.25) is 0 Å². The lowest BCUT2D eigenvalue weighted by Gasteiger charge is -2.17. The first kappa shape index (κ1) is 17.1. The van der Waals surface area contributed by atoms with Crippen LogP contribution in [0.3, 0.4) is 0 Å². The number of fused-ring (bicyclic) bond motifs is 1. The second-order valence-electron chi connectivity index (χ2n) is 6.27. The normalized spacial score (nSPS) is 11.4. The van der Waals surface area contributed by atoms with Crippen molar-refractivity contribution in [3.05, 3.63) is 30.5 Å². The summed E-state index contributed by atoms with van der Waals surface area (Å²) in [6.07, 6.45) is 5.27. The molecule has 8 heteroatoms. The minimum Gasteiger partial charge on any atom is -0.366 e. The molecule has 0 amide bonds. The van der Waals surface area contributed by atoms with E-state index in [1.807, 2.05) is 12.1 Å². The molecule has 0 spiro atoms. The van der Waals surface area contributed by atoms with Crippen LogP contribution in [0.4, 0.5) is 17.3 Å². The Bertz CT molecular complexity index is 823. The molecule has 0 aliphatic rings. The fourth-order valence-electron chi connectivity index (χ4n) is 2.62. The number of nitrogens with zero attached hydrogens (tertiary/aromatic N) is 6. The Kier molecular flexibility index (Phi) is 5.06. The molecule has 3 rings (SSSR count). The summed E-state index contributed by atoms with van der Waals surface area (Å²) < 4.78 is 1.80. The Labute approximate surface area is 147 Å². The third-order valence-electron chi connectivity index (χ3n) is 4.09. The first-order valence-corrected chi connectivity index (χ1v) is 8.68. The maximum Gasteiger partial charge on any atom is 0.201 e. The molecule has 0 saturated heterocycles. The summed E-state index contributed by atoms with van der Waals surface area (Å²) in [6, 6.07) is 4.13. The van der Waals surface area contributed by atoms with E-state index in [2.05, 4.69) is 58.5 Å². The van der Waals surface area contributed by atoms with Crippen LogP contribution < -0.4 is 10.6 Å². The zero-order chi connectivity index (χ0) is 17.8. The van der Waals surface area contributed by atoms with Gasteiger partial charge < -0.3 is 10.6 Å². The van der Waals surface area contributed by atoms with Crippen molar-refractivity contribution in [2.45, 2.75) is 52.5 Å². The summed E-state index contributed by atoms with van der Waals surface area (Å²) >= 11 is 0. The van der Waals surface area contributed by atoms with Crippen LogP contribution in [0.25, 0.3) is 5.65 Å². The van der Waals surface area contributed by atoms with Crippen molar-refractivity contribution >= 4 is 23.0 Å². The lowest BCUT2D eigenvalue weighted by atomic mass is 10.2. The number of anilines is 3. The summed E-state index contributed by atoms with van der Waals surface area (Å²) in [7, 11) is 0.